The molecule has 0 bridgehead atoms. The number of aliphatic carboxylic acids is 1. The van der Waals surface area contributed by atoms with E-state index in [1.807, 2.05) is 0 Å². The molecule has 2 rings (SSSR count). The lowest BCUT2D eigenvalue weighted by Crippen LogP contribution is -2.41. The average Bonchev–Trinajstić information content (AvgIpc) is 2.73. The van der Waals surface area contributed by atoms with Gasteiger partial charge in [-0.3, -0.25) is 9.36 Å². The van der Waals surface area contributed by atoms with Crippen molar-refractivity contribution in [2.45, 2.75) is 13.1 Å². The third kappa shape index (κ3) is 5.57. The number of esters is 1. The highest BCUT2D eigenvalue weighted by molar-refractivity contribution is 6.32. The maximum absolute atomic E-state index is 14.6. The standard InChI is InChI=1S/C19H15ClF4N2O8/c1-8(33-7-15(28)32-3)16(17(29)30)34-12-5-11(10(21)4-9(12)20)26-14(27)6-13(19(22,23)24)25(2)18(26)31/h4-6H,7H2,1-3H3,(H,29,30)/b16-8+. The van der Waals surface area contributed by atoms with Crippen LogP contribution in [-0.4, -0.2) is 39.9 Å². The molecular weight excluding hydrogens is 496 g/mol. The highest BCUT2D eigenvalue weighted by Gasteiger charge is 2.35. The van der Waals surface area contributed by atoms with Crippen LogP contribution in [0.25, 0.3) is 5.69 Å². The second kappa shape index (κ2) is 9.99. The van der Waals surface area contributed by atoms with Gasteiger partial charge in [0.25, 0.3) is 5.56 Å². The SMILES string of the molecule is COC(=O)CO/C(C)=C(/Oc1cc(-n2c(=O)cc(C(F)(F)F)n(C)c2=O)c(F)cc1Cl)C(=O)O. The van der Waals surface area contributed by atoms with Gasteiger partial charge in [-0.05, 0) is 13.0 Å². The summed E-state index contributed by atoms with van der Waals surface area (Å²) in [5.74, 6) is -5.77. The number of hydrogen-bond acceptors (Lipinski definition) is 7. The van der Waals surface area contributed by atoms with Crippen molar-refractivity contribution < 1.29 is 46.5 Å². The number of carboxylic acids is 1. The van der Waals surface area contributed by atoms with Gasteiger partial charge in [-0.1, -0.05) is 11.6 Å². The number of carboxylic acid groups (broad SMARTS) is 1. The first kappa shape index (κ1) is 26.4. The van der Waals surface area contributed by atoms with Crippen LogP contribution in [0.4, 0.5) is 17.6 Å². The number of aromatic nitrogens is 2. The molecule has 1 aromatic carbocycles. The van der Waals surface area contributed by atoms with Crippen LogP contribution in [0, 0.1) is 5.82 Å². The summed E-state index contributed by atoms with van der Waals surface area (Å²) < 4.78 is 68.3. The molecule has 1 heterocycles. The molecule has 0 aliphatic rings. The molecule has 34 heavy (non-hydrogen) atoms. The average molecular weight is 511 g/mol. The predicted octanol–water partition coefficient (Wildman–Crippen LogP) is 2.23. The summed E-state index contributed by atoms with van der Waals surface area (Å²) in [5.41, 5.74) is -5.50. The van der Waals surface area contributed by atoms with Crippen LogP contribution in [-0.2, 0) is 32.3 Å². The minimum absolute atomic E-state index is 0.0819. The Bertz CT molecular complexity index is 1300. The summed E-state index contributed by atoms with van der Waals surface area (Å²) in [4.78, 5) is 47.5. The number of nitrogens with zero attached hydrogens (tertiary/aromatic N) is 2. The molecule has 0 saturated carbocycles. The highest BCUT2D eigenvalue weighted by atomic mass is 35.5. The normalized spacial score (nSPS) is 12.1. The number of benzene rings is 1. The molecule has 1 aromatic heterocycles. The lowest BCUT2D eigenvalue weighted by Gasteiger charge is -2.16. The van der Waals surface area contributed by atoms with E-state index in [9.17, 15) is 41.8 Å². The Morgan fingerprint density at radius 2 is 1.79 bits per heavy atom. The van der Waals surface area contributed by atoms with Crippen LogP contribution >= 0.6 is 11.6 Å². The summed E-state index contributed by atoms with van der Waals surface area (Å²) in [6.45, 7) is 0.433. The van der Waals surface area contributed by atoms with Gasteiger partial charge >= 0.3 is 23.8 Å². The monoisotopic (exact) mass is 510 g/mol. The number of methoxy groups -OCH3 is 1. The minimum Gasteiger partial charge on any atom is -0.482 e. The van der Waals surface area contributed by atoms with Crippen LogP contribution in [0.15, 0.2) is 39.3 Å². The first-order valence-electron chi connectivity index (χ1n) is 8.90. The Morgan fingerprint density at radius 1 is 1.18 bits per heavy atom. The van der Waals surface area contributed by atoms with Crippen molar-refractivity contribution in [1.82, 2.24) is 9.13 Å². The van der Waals surface area contributed by atoms with Crippen LogP contribution in [0.1, 0.15) is 12.6 Å². The Labute approximate surface area is 192 Å². The number of rotatable bonds is 7. The molecule has 0 aliphatic carbocycles. The van der Waals surface area contributed by atoms with Crippen molar-refractivity contribution in [2.24, 2.45) is 7.05 Å². The zero-order chi connectivity index (χ0) is 26.0. The molecule has 10 nitrogen and oxygen atoms in total. The van der Waals surface area contributed by atoms with Crippen LogP contribution in [0.5, 0.6) is 5.75 Å². The van der Waals surface area contributed by atoms with Crippen molar-refractivity contribution in [3.63, 3.8) is 0 Å². The van der Waals surface area contributed by atoms with Crippen molar-refractivity contribution in [3.05, 3.63) is 67.1 Å². The number of hydrogen-bond donors (Lipinski definition) is 1. The molecule has 0 amide bonds. The summed E-state index contributed by atoms with van der Waals surface area (Å²) >= 11 is 5.87. The van der Waals surface area contributed by atoms with E-state index in [2.05, 4.69) is 4.74 Å². The molecular formula is C19H15ClF4N2O8. The van der Waals surface area contributed by atoms with Gasteiger partial charge in [0.2, 0.25) is 5.76 Å². The fourth-order valence-electron chi connectivity index (χ4n) is 2.56. The minimum atomic E-state index is -5.04. The zero-order valence-electron chi connectivity index (χ0n) is 17.5. The Hall–Kier alpha value is -3.81. The molecule has 0 atom stereocenters. The molecule has 184 valence electrons. The van der Waals surface area contributed by atoms with E-state index < -0.39 is 75.5 Å². The van der Waals surface area contributed by atoms with Crippen LogP contribution in [0.2, 0.25) is 5.02 Å². The molecule has 0 radical (unpaired) electrons. The van der Waals surface area contributed by atoms with E-state index in [1.165, 1.54) is 0 Å². The van der Waals surface area contributed by atoms with E-state index in [4.69, 9.17) is 21.1 Å². The van der Waals surface area contributed by atoms with Crippen molar-refractivity contribution in [1.29, 1.82) is 0 Å². The molecule has 0 spiro atoms. The van der Waals surface area contributed by atoms with Crippen LogP contribution in [0.3, 0.4) is 0 Å². The van der Waals surface area contributed by atoms with Gasteiger partial charge in [0.15, 0.2) is 6.61 Å². The fourth-order valence-corrected chi connectivity index (χ4v) is 2.74. The van der Waals surface area contributed by atoms with Gasteiger partial charge in [-0.25, -0.2) is 23.3 Å². The van der Waals surface area contributed by atoms with E-state index in [0.29, 0.717) is 12.1 Å². The Balaban J connectivity index is 2.64. The van der Waals surface area contributed by atoms with Gasteiger partial charge in [-0.15, -0.1) is 0 Å². The lowest BCUT2D eigenvalue weighted by molar-refractivity contribution is -0.145. The maximum atomic E-state index is 14.6. The largest absolute Gasteiger partial charge is 0.482 e. The first-order valence-corrected chi connectivity index (χ1v) is 9.28. The van der Waals surface area contributed by atoms with E-state index in [-0.39, 0.29) is 15.2 Å². The van der Waals surface area contributed by atoms with Gasteiger partial charge < -0.3 is 19.3 Å². The number of halogens is 5. The second-order valence-electron chi connectivity index (χ2n) is 6.43. The second-order valence-corrected chi connectivity index (χ2v) is 6.84. The molecule has 0 aliphatic heterocycles. The molecule has 0 fully saturated rings. The van der Waals surface area contributed by atoms with Gasteiger partial charge in [0, 0.05) is 19.2 Å². The first-order chi connectivity index (χ1) is 15.7. The zero-order valence-corrected chi connectivity index (χ0v) is 18.3. The summed E-state index contributed by atoms with van der Waals surface area (Å²) in [6.07, 6.45) is -5.04. The summed E-state index contributed by atoms with van der Waals surface area (Å²) in [7, 11) is 1.78. The van der Waals surface area contributed by atoms with Crippen LogP contribution < -0.4 is 16.0 Å². The number of carbonyl (C=O) groups is 2. The molecule has 1 N–H and O–H groups in total. The predicted molar refractivity (Wildman–Crippen MR) is 106 cm³/mol. The highest BCUT2D eigenvalue weighted by Crippen LogP contribution is 2.31. The maximum Gasteiger partial charge on any atom is 0.431 e. The van der Waals surface area contributed by atoms with Gasteiger partial charge in [-0.2, -0.15) is 13.2 Å². The number of alkyl halides is 3. The van der Waals surface area contributed by atoms with Gasteiger partial charge in [0.1, 0.15) is 23.0 Å². The quantitative estimate of drug-likeness (QED) is 0.260. The Morgan fingerprint density at radius 3 is 2.32 bits per heavy atom. The number of carbonyl (C=O) groups excluding carboxylic acids is 1. The third-order valence-electron chi connectivity index (χ3n) is 4.21. The number of ether oxygens (including phenoxy) is 3. The van der Waals surface area contributed by atoms with Crippen molar-refractivity contribution in [3.8, 4) is 11.4 Å². The van der Waals surface area contributed by atoms with E-state index in [0.717, 1.165) is 21.1 Å². The van der Waals surface area contributed by atoms with E-state index in [1.54, 1.807) is 0 Å². The number of allylic oxidation sites excluding steroid dienone is 1. The van der Waals surface area contributed by atoms with E-state index >= 15 is 0 Å². The third-order valence-corrected chi connectivity index (χ3v) is 4.51. The molecule has 0 unspecified atom stereocenters. The topological polar surface area (TPSA) is 126 Å². The smallest absolute Gasteiger partial charge is 0.431 e. The Kier molecular flexibility index (Phi) is 7.77. The summed E-state index contributed by atoms with van der Waals surface area (Å²) in [5, 5.41) is 8.86. The van der Waals surface area contributed by atoms with Crippen molar-refractivity contribution in [2.75, 3.05) is 13.7 Å². The van der Waals surface area contributed by atoms with Crippen molar-refractivity contribution >= 4 is 23.5 Å². The molecule has 15 heteroatoms. The molecule has 2 aromatic rings. The summed E-state index contributed by atoms with van der Waals surface area (Å²) in [6, 6.07) is 1.29. The molecule has 0 saturated heterocycles. The lowest BCUT2D eigenvalue weighted by atomic mass is 10.2. The van der Waals surface area contributed by atoms with Gasteiger partial charge in [0.05, 0.1) is 17.8 Å². The fraction of sp³-hybridized carbons (Fsp3) is 0.263.